The first kappa shape index (κ1) is 29.2. The third-order valence-corrected chi connectivity index (χ3v) is 8.02. The summed E-state index contributed by atoms with van der Waals surface area (Å²) in [6.45, 7) is 1.51. The minimum atomic E-state index is -5.04. The van der Waals surface area contributed by atoms with Gasteiger partial charge >= 0.3 is 12.1 Å². The number of Topliss-reactive ketones (excluding diaryl/α,β-unsaturated/α-hetero) is 1. The number of carboxylic acid groups (broad SMARTS) is 1. The van der Waals surface area contributed by atoms with E-state index in [1.165, 1.54) is 6.92 Å². The van der Waals surface area contributed by atoms with Crippen LogP contribution in [0.4, 0.5) is 22.0 Å². The lowest BCUT2D eigenvalue weighted by Crippen LogP contribution is -2.40. The molecule has 2 aromatic rings. The van der Waals surface area contributed by atoms with Crippen LogP contribution in [-0.4, -0.2) is 49.5 Å². The van der Waals surface area contributed by atoms with Crippen molar-refractivity contribution in [2.45, 2.75) is 69.6 Å². The lowest BCUT2D eigenvalue weighted by molar-refractivity contribution is -0.152. The molecule has 2 aliphatic carbocycles. The second kappa shape index (κ2) is 10.3. The molecule has 1 unspecified atom stereocenters. The van der Waals surface area contributed by atoms with Crippen LogP contribution in [-0.2, 0) is 11.0 Å². The summed E-state index contributed by atoms with van der Waals surface area (Å²) in [5.74, 6) is -7.88. The van der Waals surface area contributed by atoms with E-state index in [1.807, 2.05) is 0 Å². The van der Waals surface area contributed by atoms with Gasteiger partial charge < -0.3 is 10.4 Å². The zero-order chi connectivity index (χ0) is 28.9. The van der Waals surface area contributed by atoms with Gasteiger partial charge in [-0.15, -0.1) is 0 Å². The Hall–Kier alpha value is -2.80. The predicted molar refractivity (Wildman–Crippen MR) is 128 cm³/mol. The molecule has 212 valence electrons. The van der Waals surface area contributed by atoms with Gasteiger partial charge in [0.2, 0.25) is 0 Å². The Labute approximate surface area is 228 Å². The second-order valence-corrected chi connectivity index (χ2v) is 11.0. The molecule has 2 fully saturated rings. The minimum absolute atomic E-state index is 0.0769. The van der Waals surface area contributed by atoms with E-state index in [0.29, 0.717) is 10.9 Å². The summed E-state index contributed by atoms with van der Waals surface area (Å²) in [6, 6.07) is -2.34. The Morgan fingerprint density at radius 2 is 1.72 bits per heavy atom. The molecular formula is C24H23Cl2F5N4O4. The van der Waals surface area contributed by atoms with Crippen molar-refractivity contribution in [3.05, 3.63) is 45.5 Å². The second-order valence-electron chi connectivity index (χ2n) is 10.2. The Balaban J connectivity index is 1.59. The van der Waals surface area contributed by atoms with Crippen LogP contribution in [0.5, 0.6) is 0 Å². The Kier molecular flexibility index (Phi) is 7.71. The predicted octanol–water partition coefficient (Wildman–Crippen LogP) is 5.84. The number of carboxylic acids is 1. The van der Waals surface area contributed by atoms with Gasteiger partial charge in [0.05, 0.1) is 38.8 Å². The number of carbonyl (C=O) groups excluding carboxylic acids is 2. The first-order chi connectivity index (χ1) is 18.0. The van der Waals surface area contributed by atoms with E-state index in [0.717, 1.165) is 12.4 Å². The summed E-state index contributed by atoms with van der Waals surface area (Å²) >= 11 is 11.9. The van der Waals surface area contributed by atoms with Gasteiger partial charge in [-0.1, -0.05) is 23.2 Å². The summed E-state index contributed by atoms with van der Waals surface area (Å²) in [7, 11) is 0. The van der Waals surface area contributed by atoms with Gasteiger partial charge in [-0.05, 0) is 32.6 Å². The van der Waals surface area contributed by atoms with E-state index in [1.54, 1.807) is 0 Å². The molecule has 0 saturated heterocycles. The summed E-state index contributed by atoms with van der Waals surface area (Å²) in [5.41, 5.74) is -3.56. The van der Waals surface area contributed by atoms with E-state index >= 15 is 0 Å². The van der Waals surface area contributed by atoms with Crippen molar-refractivity contribution in [3.63, 3.8) is 0 Å². The highest BCUT2D eigenvalue weighted by atomic mass is 35.5. The number of pyridine rings is 1. The Morgan fingerprint density at radius 3 is 2.21 bits per heavy atom. The van der Waals surface area contributed by atoms with Gasteiger partial charge in [0.1, 0.15) is 0 Å². The fourth-order valence-electron chi connectivity index (χ4n) is 4.98. The molecule has 0 aromatic carbocycles. The maximum absolute atomic E-state index is 14.1. The molecule has 0 aliphatic heterocycles. The number of aliphatic carboxylic acids is 1. The zero-order valence-corrected chi connectivity index (χ0v) is 21.9. The monoisotopic (exact) mass is 596 g/mol. The number of nitrogens with zero attached hydrogens (tertiary/aromatic N) is 3. The number of hydrogen-bond donors (Lipinski definition) is 2. The molecule has 1 amide bonds. The average Bonchev–Trinajstić information content (AvgIpc) is 3.23. The molecule has 2 aromatic heterocycles. The quantitative estimate of drug-likeness (QED) is 0.292. The van der Waals surface area contributed by atoms with E-state index in [4.69, 9.17) is 23.2 Å². The summed E-state index contributed by atoms with van der Waals surface area (Å²) in [5, 5.41) is 15.1. The van der Waals surface area contributed by atoms with E-state index in [9.17, 15) is 41.4 Å². The van der Waals surface area contributed by atoms with Crippen molar-refractivity contribution < 1.29 is 41.4 Å². The highest BCUT2D eigenvalue weighted by Gasteiger charge is 2.61. The molecular weight excluding hydrogens is 574 g/mol. The summed E-state index contributed by atoms with van der Waals surface area (Å²) in [6.07, 6.45) is -3.10. The number of aromatic nitrogens is 3. The standard InChI is InChI=1S/C24H23Cl2F5N4O4/c1-22(21(38)39)4-2-11(3-5-22)35-19(24(29,30)31)12(8-33-35)20(37)34-16(13-7-23(13,27)28)6-17(36)18-14(25)9-32-10-15(18)26/h8-11,13,16H,2-7H2,1H3,(H,34,37)(H,38,39)/t11?,13-,16?,22?/m0/s1. The van der Waals surface area contributed by atoms with Gasteiger partial charge in [0.15, 0.2) is 11.5 Å². The molecule has 2 saturated carbocycles. The zero-order valence-electron chi connectivity index (χ0n) is 20.4. The highest BCUT2D eigenvalue weighted by molar-refractivity contribution is 6.39. The van der Waals surface area contributed by atoms with Gasteiger partial charge in [0.25, 0.3) is 11.8 Å². The molecule has 2 atom stereocenters. The molecule has 4 rings (SSSR count). The third-order valence-electron chi connectivity index (χ3n) is 7.44. The van der Waals surface area contributed by atoms with Crippen LogP contribution in [0.3, 0.4) is 0 Å². The molecule has 0 spiro atoms. The number of hydrogen-bond acceptors (Lipinski definition) is 5. The normalized spacial score (nSPS) is 25.1. The van der Waals surface area contributed by atoms with Crippen LogP contribution in [0.15, 0.2) is 18.6 Å². The van der Waals surface area contributed by atoms with Gasteiger partial charge in [-0.2, -0.15) is 18.3 Å². The van der Waals surface area contributed by atoms with Crippen molar-refractivity contribution in [3.8, 4) is 0 Å². The number of nitrogens with one attached hydrogen (secondary N) is 1. The lowest BCUT2D eigenvalue weighted by atomic mass is 9.74. The third kappa shape index (κ3) is 5.88. The average molecular weight is 597 g/mol. The van der Waals surface area contributed by atoms with Gasteiger partial charge in [-0.3, -0.25) is 24.0 Å². The number of carbonyl (C=O) groups is 3. The van der Waals surface area contributed by atoms with Crippen molar-refractivity contribution in [2.24, 2.45) is 11.3 Å². The van der Waals surface area contributed by atoms with Crippen molar-refractivity contribution >= 4 is 40.9 Å². The SMILES string of the molecule is CC1(C(=O)O)CCC(n2ncc(C(=O)NC(CC(=O)c3c(Cl)cncc3Cl)[C@@H]3CC3(F)F)c2C(F)(F)F)CC1. The topological polar surface area (TPSA) is 114 Å². The first-order valence-electron chi connectivity index (χ1n) is 11.9. The molecule has 0 bridgehead atoms. The van der Waals surface area contributed by atoms with Crippen molar-refractivity contribution in [2.75, 3.05) is 0 Å². The summed E-state index contributed by atoms with van der Waals surface area (Å²) < 4.78 is 71.1. The van der Waals surface area contributed by atoms with Crippen LogP contribution >= 0.6 is 23.2 Å². The maximum atomic E-state index is 14.1. The van der Waals surface area contributed by atoms with Crippen LogP contribution in [0.25, 0.3) is 0 Å². The van der Waals surface area contributed by atoms with E-state index < -0.39 is 77.3 Å². The Morgan fingerprint density at radius 1 is 1.15 bits per heavy atom. The lowest BCUT2D eigenvalue weighted by Gasteiger charge is -2.34. The van der Waals surface area contributed by atoms with Crippen LogP contribution in [0.1, 0.15) is 77.9 Å². The van der Waals surface area contributed by atoms with Crippen molar-refractivity contribution in [1.29, 1.82) is 0 Å². The van der Waals surface area contributed by atoms with E-state index in [2.05, 4.69) is 15.4 Å². The molecule has 15 heteroatoms. The number of halogens is 7. The van der Waals surface area contributed by atoms with Crippen LogP contribution < -0.4 is 5.32 Å². The maximum Gasteiger partial charge on any atom is 0.433 e. The van der Waals surface area contributed by atoms with Gasteiger partial charge in [0, 0.05) is 37.2 Å². The van der Waals surface area contributed by atoms with Crippen molar-refractivity contribution in [1.82, 2.24) is 20.1 Å². The number of alkyl halides is 5. The molecule has 2 N–H and O–H groups in total. The molecule has 8 nitrogen and oxygen atoms in total. The highest BCUT2D eigenvalue weighted by Crippen LogP contribution is 2.52. The minimum Gasteiger partial charge on any atom is -0.481 e. The fourth-order valence-corrected chi connectivity index (χ4v) is 5.55. The van der Waals surface area contributed by atoms with Crippen LogP contribution in [0, 0.1) is 11.3 Å². The fraction of sp³-hybridized carbons (Fsp3) is 0.542. The number of rotatable bonds is 8. The summed E-state index contributed by atoms with van der Waals surface area (Å²) in [4.78, 5) is 41.1. The van der Waals surface area contributed by atoms with Crippen LogP contribution in [0.2, 0.25) is 10.0 Å². The molecule has 39 heavy (non-hydrogen) atoms. The molecule has 2 heterocycles. The molecule has 2 aliphatic rings. The number of ketones is 1. The van der Waals surface area contributed by atoms with Gasteiger partial charge in [-0.25, -0.2) is 8.78 Å². The van der Waals surface area contributed by atoms with E-state index in [-0.39, 0.29) is 41.3 Å². The largest absolute Gasteiger partial charge is 0.481 e. The first-order valence-corrected chi connectivity index (χ1v) is 12.7. The molecule has 0 radical (unpaired) electrons. The smallest absolute Gasteiger partial charge is 0.433 e. The number of amides is 1. The Bertz CT molecular complexity index is 1290.